The SMILES string of the molecule is N=C[C@H](O)[C@@H](O)[C@H](O)[C@H](O)CO. The summed E-state index contributed by atoms with van der Waals surface area (Å²) in [6, 6.07) is 0. The Morgan fingerprint density at radius 1 is 1.08 bits per heavy atom. The fourth-order valence-electron chi connectivity index (χ4n) is 0.636. The van der Waals surface area contributed by atoms with Gasteiger partial charge in [0.25, 0.3) is 0 Å². The summed E-state index contributed by atoms with van der Waals surface area (Å²) in [5.41, 5.74) is 0. The summed E-state index contributed by atoms with van der Waals surface area (Å²) in [7, 11) is 0. The molecule has 4 atom stereocenters. The number of rotatable bonds is 5. The molecule has 0 aromatic carbocycles. The van der Waals surface area contributed by atoms with Crippen LogP contribution in [-0.2, 0) is 0 Å². The van der Waals surface area contributed by atoms with Crippen molar-refractivity contribution in [2.75, 3.05) is 6.61 Å². The van der Waals surface area contributed by atoms with Crippen molar-refractivity contribution in [3.8, 4) is 0 Å². The summed E-state index contributed by atoms with van der Waals surface area (Å²) in [5.74, 6) is 0. The Bertz CT molecular complexity index is 142. The molecule has 0 radical (unpaired) electrons. The van der Waals surface area contributed by atoms with Gasteiger partial charge in [-0.2, -0.15) is 0 Å². The maximum atomic E-state index is 8.97. The number of aliphatic hydroxyl groups is 5. The van der Waals surface area contributed by atoms with E-state index < -0.39 is 31.0 Å². The van der Waals surface area contributed by atoms with E-state index in [2.05, 4.69) is 0 Å². The second-order valence-corrected chi connectivity index (χ2v) is 2.39. The normalized spacial score (nSPS) is 21.1. The Morgan fingerprint density at radius 3 is 1.92 bits per heavy atom. The summed E-state index contributed by atoms with van der Waals surface area (Å²) in [6.45, 7) is -0.719. The quantitative estimate of drug-likeness (QED) is 0.252. The Balaban J connectivity index is 4.07. The molecule has 0 bridgehead atoms. The van der Waals surface area contributed by atoms with Crippen LogP contribution in [0.25, 0.3) is 0 Å². The molecule has 72 valence electrons. The van der Waals surface area contributed by atoms with Gasteiger partial charge in [-0.15, -0.1) is 0 Å². The van der Waals surface area contributed by atoms with Gasteiger partial charge in [0.15, 0.2) is 0 Å². The highest BCUT2D eigenvalue weighted by molar-refractivity contribution is 5.59. The number of hydrogen-bond acceptors (Lipinski definition) is 6. The van der Waals surface area contributed by atoms with Crippen LogP contribution in [0.5, 0.6) is 0 Å². The van der Waals surface area contributed by atoms with Gasteiger partial charge in [-0.25, -0.2) is 0 Å². The molecule has 0 rings (SSSR count). The van der Waals surface area contributed by atoms with E-state index in [0.717, 1.165) is 0 Å². The van der Waals surface area contributed by atoms with E-state index in [1.807, 2.05) is 0 Å². The number of nitrogens with one attached hydrogen (secondary N) is 1. The predicted octanol–water partition coefficient (Wildman–Crippen LogP) is -2.93. The Labute approximate surface area is 69.2 Å². The van der Waals surface area contributed by atoms with Gasteiger partial charge < -0.3 is 30.9 Å². The molecule has 0 amide bonds. The van der Waals surface area contributed by atoms with Crippen LogP contribution in [-0.4, -0.2) is 62.8 Å². The Hall–Kier alpha value is -0.530. The topological polar surface area (TPSA) is 125 Å². The van der Waals surface area contributed by atoms with Crippen LogP contribution < -0.4 is 0 Å². The van der Waals surface area contributed by atoms with Crippen LogP contribution in [0.3, 0.4) is 0 Å². The third-order valence-electron chi connectivity index (χ3n) is 1.45. The molecule has 0 unspecified atom stereocenters. The molecule has 0 heterocycles. The monoisotopic (exact) mass is 179 g/mol. The van der Waals surface area contributed by atoms with Crippen LogP contribution in [0.4, 0.5) is 0 Å². The number of aliphatic hydroxyl groups excluding tert-OH is 5. The molecule has 0 saturated heterocycles. The van der Waals surface area contributed by atoms with Crippen LogP contribution in [0.1, 0.15) is 0 Å². The third-order valence-corrected chi connectivity index (χ3v) is 1.45. The highest BCUT2D eigenvalue weighted by atomic mass is 16.4. The van der Waals surface area contributed by atoms with Gasteiger partial charge in [0.2, 0.25) is 0 Å². The smallest absolute Gasteiger partial charge is 0.117 e. The first-order valence-corrected chi connectivity index (χ1v) is 3.38. The zero-order valence-corrected chi connectivity index (χ0v) is 6.33. The Kier molecular flexibility index (Phi) is 4.95. The number of hydrogen-bond donors (Lipinski definition) is 6. The van der Waals surface area contributed by atoms with Crippen molar-refractivity contribution in [1.29, 1.82) is 5.41 Å². The minimum atomic E-state index is -1.66. The standard InChI is InChI=1S/C6H13NO5/c7-1-3(9)5(11)6(12)4(10)2-8/h1,3-12H,2H2/t3-,4+,5+,6+/m0/s1. The van der Waals surface area contributed by atoms with Gasteiger partial charge >= 0.3 is 0 Å². The van der Waals surface area contributed by atoms with Crippen LogP contribution in [0.2, 0.25) is 0 Å². The summed E-state index contributed by atoms with van der Waals surface area (Å²) in [4.78, 5) is 0. The molecule has 0 aromatic heterocycles. The molecule has 0 aliphatic rings. The molecule has 0 aliphatic heterocycles. The van der Waals surface area contributed by atoms with Crippen molar-refractivity contribution in [2.24, 2.45) is 0 Å². The van der Waals surface area contributed by atoms with Crippen LogP contribution in [0.15, 0.2) is 0 Å². The van der Waals surface area contributed by atoms with E-state index in [0.29, 0.717) is 6.21 Å². The molecular formula is C6H13NO5. The first kappa shape index (κ1) is 11.5. The van der Waals surface area contributed by atoms with Gasteiger partial charge in [-0.1, -0.05) is 0 Å². The largest absolute Gasteiger partial charge is 0.394 e. The zero-order valence-electron chi connectivity index (χ0n) is 6.33. The molecule has 6 N–H and O–H groups in total. The highest BCUT2D eigenvalue weighted by Crippen LogP contribution is 2.02. The molecule has 0 aliphatic carbocycles. The summed E-state index contributed by atoms with van der Waals surface area (Å²) in [6.07, 6.45) is -5.86. The Morgan fingerprint density at radius 2 is 1.58 bits per heavy atom. The van der Waals surface area contributed by atoms with E-state index in [1.165, 1.54) is 0 Å². The molecular weight excluding hydrogens is 166 g/mol. The van der Waals surface area contributed by atoms with E-state index in [4.69, 9.17) is 30.9 Å². The van der Waals surface area contributed by atoms with E-state index in [1.54, 1.807) is 0 Å². The minimum absolute atomic E-state index is 0.526. The lowest BCUT2D eigenvalue weighted by Gasteiger charge is -2.23. The predicted molar refractivity (Wildman–Crippen MR) is 39.9 cm³/mol. The van der Waals surface area contributed by atoms with Crippen molar-refractivity contribution >= 4 is 6.21 Å². The average Bonchev–Trinajstić information content (AvgIpc) is 2.12. The van der Waals surface area contributed by atoms with E-state index in [-0.39, 0.29) is 0 Å². The molecule has 0 aromatic rings. The van der Waals surface area contributed by atoms with Crippen molar-refractivity contribution in [2.45, 2.75) is 24.4 Å². The zero-order chi connectivity index (χ0) is 9.72. The molecule has 6 heteroatoms. The van der Waals surface area contributed by atoms with E-state index >= 15 is 0 Å². The maximum Gasteiger partial charge on any atom is 0.117 e. The summed E-state index contributed by atoms with van der Waals surface area (Å²) < 4.78 is 0. The van der Waals surface area contributed by atoms with Crippen molar-refractivity contribution in [1.82, 2.24) is 0 Å². The first-order valence-electron chi connectivity index (χ1n) is 3.38. The van der Waals surface area contributed by atoms with Gasteiger partial charge in [0, 0.05) is 6.21 Å². The molecule has 0 spiro atoms. The van der Waals surface area contributed by atoms with Crippen molar-refractivity contribution in [3.05, 3.63) is 0 Å². The lowest BCUT2D eigenvalue weighted by atomic mass is 10.0. The maximum absolute atomic E-state index is 8.97. The lowest BCUT2D eigenvalue weighted by Crippen LogP contribution is -2.46. The molecule has 0 saturated carbocycles. The van der Waals surface area contributed by atoms with Crippen LogP contribution >= 0.6 is 0 Å². The molecule has 12 heavy (non-hydrogen) atoms. The van der Waals surface area contributed by atoms with Gasteiger partial charge in [0.05, 0.1) is 6.61 Å². The van der Waals surface area contributed by atoms with Gasteiger partial charge in [0.1, 0.15) is 24.4 Å². The first-order chi connectivity index (χ1) is 5.54. The van der Waals surface area contributed by atoms with Crippen molar-refractivity contribution < 1.29 is 25.5 Å². The second-order valence-electron chi connectivity index (χ2n) is 2.39. The summed E-state index contributed by atoms with van der Waals surface area (Å²) in [5, 5.41) is 50.4. The minimum Gasteiger partial charge on any atom is -0.394 e. The molecule has 0 fully saturated rings. The summed E-state index contributed by atoms with van der Waals surface area (Å²) >= 11 is 0. The third kappa shape index (κ3) is 2.84. The average molecular weight is 179 g/mol. The lowest BCUT2D eigenvalue weighted by molar-refractivity contribution is -0.1000. The fraction of sp³-hybridized carbons (Fsp3) is 0.833. The van der Waals surface area contributed by atoms with E-state index in [9.17, 15) is 0 Å². The molecule has 6 nitrogen and oxygen atoms in total. The van der Waals surface area contributed by atoms with Crippen LogP contribution in [0, 0.1) is 5.41 Å². The van der Waals surface area contributed by atoms with Crippen molar-refractivity contribution in [3.63, 3.8) is 0 Å². The second kappa shape index (κ2) is 5.18. The van der Waals surface area contributed by atoms with Gasteiger partial charge in [-0.3, -0.25) is 0 Å². The fourth-order valence-corrected chi connectivity index (χ4v) is 0.636. The van der Waals surface area contributed by atoms with Gasteiger partial charge in [-0.05, 0) is 0 Å². The highest BCUT2D eigenvalue weighted by Gasteiger charge is 2.28.